The van der Waals surface area contributed by atoms with Crippen LogP contribution in [0, 0.1) is 0 Å². The van der Waals surface area contributed by atoms with Gasteiger partial charge in [-0.05, 0) is 66.3 Å². The van der Waals surface area contributed by atoms with Crippen molar-refractivity contribution in [2.75, 3.05) is 13.1 Å². The first-order valence-electron chi connectivity index (χ1n) is 6.51. The van der Waals surface area contributed by atoms with Crippen molar-refractivity contribution in [3.63, 3.8) is 0 Å². The van der Waals surface area contributed by atoms with E-state index in [1.165, 1.54) is 0 Å². The molecule has 22 heavy (non-hydrogen) atoms. The highest BCUT2D eigenvalue weighted by atomic mass is 79.9. The van der Waals surface area contributed by atoms with Gasteiger partial charge in [0.2, 0.25) is 0 Å². The van der Waals surface area contributed by atoms with Crippen molar-refractivity contribution in [1.82, 2.24) is 21.5 Å². The summed E-state index contributed by atoms with van der Waals surface area (Å²) in [6.07, 6.45) is 1.59. The van der Waals surface area contributed by atoms with Gasteiger partial charge in [-0.3, -0.25) is 10.9 Å². The molecule has 0 amide bonds. The molecule has 4 N–H and O–H groups in total. The van der Waals surface area contributed by atoms with Gasteiger partial charge < -0.3 is 10.6 Å². The largest absolute Gasteiger partial charge is 0.362 e. The molecule has 6 nitrogen and oxygen atoms in total. The first-order chi connectivity index (χ1) is 10.6. The maximum atomic E-state index is 5.09. The number of hydrogen-bond acceptors (Lipinski definition) is 5. The molecule has 0 atom stereocenters. The molecule has 10 heteroatoms. The molecule has 0 aromatic carbocycles. The molecule has 0 saturated heterocycles. The molecular formula is C12H17BrN6S3. The summed E-state index contributed by atoms with van der Waals surface area (Å²) in [5, 5.41) is 15.2. The Morgan fingerprint density at radius 2 is 1.82 bits per heavy atom. The first kappa shape index (κ1) is 18.9. The number of hydrogen-bond donors (Lipinski definition) is 4. The van der Waals surface area contributed by atoms with Gasteiger partial charge in [0.1, 0.15) is 5.71 Å². The number of thiocarbonyl (C=S) groups is 2. The zero-order chi connectivity index (χ0) is 16.4. The third kappa shape index (κ3) is 7.25. The fourth-order valence-corrected chi connectivity index (χ4v) is 2.99. The standard InChI is InChI=1S/C12H17BrN6S3/c1-3-14-11(20)18-16-7-8(9-5-6-10(13)22-9)17-19-12(21)15-4-2/h5-7H,3-4H2,1-2H3,(H2,14,18,20)(H2,15,19,21)/b16-7+,17-8-. The summed E-state index contributed by atoms with van der Waals surface area (Å²) in [6, 6.07) is 3.89. The summed E-state index contributed by atoms with van der Waals surface area (Å²) in [5.41, 5.74) is 6.16. The van der Waals surface area contributed by atoms with E-state index in [-0.39, 0.29) is 0 Å². The highest BCUT2D eigenvalue weighted by molar-refractivity contribution is 9.11. The van der Waals surface area contributed by atoms with E-state index in [9.17, 15) is 0 Å². The number of hydrazone groups is 2. The lowest BCUT2D eigenvalue weighted by Crippen LogP contribution is -2.33. The highest BCUT2D eigenvalue weighted by Crippen LogP contribution is 2.22. The summed E-state index contributed by atoms with van der Waals surface area (Å²) in [4.78, 5) is 0.943. The average molecular weight is 421 g/mol. The molecule has 0 radical (unpaired) electrons. The fraction of sp³-hybridized carbons (Fsp3) is 0.333. The molecular weight excluding hydrogens is 404 g/mol. The summed E-state index contributed by atoms with van der Waals surface area (Å²) in [7, 11) is 0. The lowest BCUT2D eigenvalue weighted by Gasteiger charge is -2.05. The summed E-state index contributed by atoms with van der Waals surface area (Å²) in [5.74, 6) is 0. The molecule has 0 fully saturated rings. The van der Waals surface area contributed by atoms with E-state index >= 15 is 0 Å². The van der Waals surface area contributed by atoms with Crippen molar-refractivity contribution in [1.29, 1.82) is 0 Å². The Balaban J connectivity index is 2.78. The van der Waals surface area contributed by atoms with Crippen molar-refractivity contribution in [3.8, 4) is 0 Å². The molecule has 1 heterocycles. The van der Waals surface area contributed by atoms with Crippen LogP contribution in [0.2, 0.25) is 0 Å². The van der Waals surface area contributed by atoms with Crippen molar-refractivity contribution in [3.05, 3.63) is 20.8 Å². The molecule has 120 valence electrons. The van der Waals surface area contributed by atoms with Gasteiger partial charge in [-0.1, -0.05) is 0 Å². The van der Waals surface area contributed by atoms with E-state index < -0.39 is 0 Å². The Kier molecular flexibility index (Phi) is 9.13. The van der Waals surface area contributed by atoms with E-state index in [0.29, 0.717) is 15.9 Å². The lowest BCUT2D eigenvalue weighted by molar-refractivity contribution is 0.900. The smallest absolute Gasteiger partial charge is 0.186 e. The molecule has 1 rings (SSSR count). The van der Waals surface area contributed by atoms with E-state index in [0.717, 1.165) is 21.8 Å². The zero-order valence-corrected chi connectivity index (χ0v) is 16.2. The SMILES string of the molecule is CCNC(=S)N/N=C(/C=N/NC(=S)NCC)c1ccc(Br)s1. The van der Waals surface area contributed by atoms with Crippen molar-refractivity contribution < 1.29 is 0 Å². The van der Waals surface area contributed by atoms with Crippen LogP contribution in [-0.2, 0) is 0 Å². The zero-order valence-electron chi connectivity index (χ0n) is 12.1. The quantitative estimate of drug-likeness (QED) is 0.321. The minimum Gasteiger partial charge on any atom is -0.362 e. The number of nitrogens with zero attached hydrogens (tertiary/aromatic N) is 2. The van der Waals surface area contributed by atoms with Gasteiger partial charge in [-0.25, -0.2) is 0 Å². The average Bonchev–Trinajstić information content (AvgIpc) is 2.89. The molecule has 0 aliphatic carbocycles. The molecule has 0 unspecified atom stereocenters. The first-order valence-corrected chi connectivity index (χ1v) is 8.93. The monoisotopic (exact) mass is 420 g/mol. The van der Waals surface area contributed by atoms with Gasteiger partial charge in [-0.2, -0.15) is 10.2 Å². The van der Waals surface area contributed by atoms with Gasteiger partial charge in [0, 0.05) is 13.1 Å². The van der Waals surface area contributed by atoms with Crippen LogP contribution in [0.5, 0.6) is 0 Å². The third-order valence-corrected chi connectivity index (χ3v) is 4.25. The Labute approximate surface area is 153 Å². The highest BCUT2D eigenvalue weighted by Gasteiger charge is 2.05. The second-order valence-corrected chi connectivity index (χ2v) is 7.08. The van der Waals surface area contributed by atoms with Gasteiger partial charge in [0.05, 0.1) is 14.9 Å². The Hall–Kier alpha value is -1.10. The minimum atomic E-state index is 0.458. The molecule has 1 aromatic rings. The van der Waals surface area contributed by atoms with E-state index in [1.807, 2.05) is 26.0 Å². The van der Waals surface area contributed by atoms with Crippen LogP contribution >= 0.6 is 51.7 Å². The predicted molar refractivity (Wildman–Crippen MR) is 106 cm³/mol. The van der Waals surface area contributed by atoms with Gasteiger partial charge in [0.15, 0.2) is 10.2 Å². The van der Waals surface area contributed by atoms with Crippen LogP contribution in [0.3, 0.4) is 0 Å². The number of thiophene rings is 1. The molecule has 0 aliphatic heterocycles. The van der Waals surface area contributed by atoms with Gasteiger partial charge in [-0.15, -0.1) is 11.3 Å². The second-order valence-electron chi connectivity index (χ2n) is 3.80. The van der Waals surface area contributed by atoms with Crippen LogP contribution < -0.4 is 21.5 Å². The van der Waals surface area contributed by atoms with E-state index in [2.05, 4.69) is 47.6 Å². The number of rotatable bonds is 6. The molecule has 0 bridgehead atoms. The van der Waals surface area contributed by atoms with Crippen molar-refractivity contribution in [2.24, 2.45) is 10.2 Å². The Bertz CT molecular complexity index is 569. The maximum Gasteiger partial charge on any atom is 0.186 e. The lowest BCUT2D eigenvalue weighted by atomic mass is 10.3. The second kappa shape index (κ2) is 10.6. The topological polar surface area (TPSA) is 72.8 Å². The maximum absolute atomic E-state index is 5.09. The molecule has 1 aromatic heterocycles. The summed E-state index contributed by atoms with van der Waals surface area (Å²) in [6.45, 7) is 5.38. The molecule has 0 spiro atoms. The minimum absolute atomic E-state index is 0.458. The van der Waals surface area contributed by atoms with Crippen LogP contribution in [0.15, 0.2) is 26.1 Å². The van der Waals surface area contributed by atoms with Crippen LogP contribution in [-0.4, -0.2) is 35.2 Å². The van der Waals surface area contributed by atoms with E-state index in [4.69, 9.17) is 24.4 Å². The Morgan fingerprint density at radius 3 is 2.36 bits per heavy atom. The summed E-state index contributed by atoms with van der Waals surface area (Å²) < 4.78 is 1.01. The van der Waals surface area contributed by atoms with Crippen molar-refractivity contribution in [2.45, 2.75) is 13.8 Å². The summed E-state index contributed by atoms with van der Waals surface area (Å²) >= 11 is 15.1. The third-order valence-electron chi connectivity index (χ3n) is 2.13. The molecule has 0 saturated carbocycles. The Morgan fingerprint density at radius 1 is 1.18 bits per heavy atom. The fourth-order valence-electron chi connectivity index (χ4n) is 1.26. The van der Waals surface area contributed by atoms with Gasteiger partial charge in [0.25, 0.3) is 0 Å². The predicted octanol–water partition coefficient (Wildman–Crippen LogP) is 2.17. The van der Waals surface area contributed by atoms with Gasteiger partial charge >= 0.3 is 0 Å². The molecule has 0 aliphatic rings. The normalized spacial score (nSPS) is 11.3. The van der Waals surface area contributed by atoms with E-state index in [1.54, 1.807) is 17.6 Å². The van der Waals surface area contributed by atoms with Crippen LogP contribution in [0.25, 0.3) is 0 Å². The number of nitrogens with one attached hydrogen (secondary N) is 4. The van der Waals surface area contributed by atoms with Crippen LogP contribution in [0.4, 0.5) is 0 Å². The van der Waals surface area contributed by atoms with Crippen molar-refractivity contribution >= 4 is 73.9 Å². The van der Waals surface area contributed by atoms with Crippen LogP contribution in [0.1, 0.15) is 18.7 Å². The number of halogens is 1.